The second kappa shape index (κ2) is 4.94. The van der Waals surface area contributed by atoms with Gasteiger partial charge in [-0.3, -0.25) is 4.90 Å². The molecule has 0 unspecified atom stereocenters. The van der Waals surface area contributed by atoms with Crippen LogP contribution in [0.4, 0.5) is 0 Å². The zero-order valence-corrected chi connectivity index (χ0v) is 9.79. The van der Waals surface area contributed by atoms with Gasteiger partial charge in [-0.25, -0.2) is 4.98 Å². The lowest BCUT2D eigenvalue weighted by Crippen LogP contribution is -2.24. The van der Waals surface area contributed by atoms with Gasteiger partial charge < -0.3 is 4.42 Å². The Bertz CT molecular complexity index is 279. The monoisotopic (exact) mass is 258 g/mol. The van der Waals surface area contributed by atoms with Crippen molar-refractivity contribution in [2.45, 2.75) is 32.2 Å². The number of halogens is 1. The van der Waals surface area contributed by atoms with Gasteiger partial charge in [-0.1, -0.05) is 12.8 Å². The van der Waals surface area contributed by atoms with Crippen LogP contribution >= 0.6 is 15.9 Å². The highest BCUT2D eigenvalue weighted by molar-refractivity contribution is 9.10. The van der Waals surface area contributed by atoms with E-state index in [0.29, 0.717) is 0 Å². The van der Waals surface area contributed by atoms with Gasteiger partial charge in [-0.2, -0.15) is 0 Å². The standard InChI is InChI=1S/C10H15BrN2O/c11-9-8-14-10(12-9)7-13-5-3-1-2-4-6-13/h8H,1-7H2. The van der Waals surface area contributed by atoms with E-state index in [0.717, 1.165) is 17.0 Å². The summed E-state index contributed by atoms with van der Waals surface area (Å²) in [5, 5.41) is 0. The highest BCUT2D eigenvalue weighted by Gasteiger charge is 2.11. The van der Waals surface area contributed by atoms with Crippen molar-refractivity contribution in [3.05, 3.63) is 16.8 Å². The molecular formula is C10H15BrN2O. The van der Waals surface area contributed by atoms with E-state index in [2.05, 4.69) is 25.8 Å². The number of aromatic nitrogens is 1. The van der Waals surface area contributed by atoms with Crippen LogP contribution < -0.4 is 0 Å². The van der Waals surface area contributed by atoms with Crippen molar-refractivity contribution in [1.82, 2.24) is 9.88 Å². The SMILES string of the molecule is Brc1coc(CN2CCCCCC2)n1. The fourth-order valence-electron chi connectivity index (χ4n) is 1.85. The lowest BCUT2D eigenvalue weighted by Gasteiger charge is -2.16. The van der Waals surface area contributed by atoms with Crippen molar-refractivity contribution in [2.75, 3.05) is 13.1 Å². The van der Waals surface area contributed by atoms with Crippen LogP contribution in [-0.4, -0.2) is 23.0 Å². The van der Waals surface area contributed by atoms with Gasteiger partial charge in [0.25, 0.3) is 0 Å². The summed E-state index contributed by atoms with van der Waals surface area (Å²) in [5.74, 6) is 0.818. The first kappa shape index (κ1) is 10.2. The van der Waals surface area contributed by atoms with Gasteiger partial charge in [0.1, 0.15) is 10.9 Å². The molecule has 0 atom stereocenters. The van der Waals surface area contributed by atoms with E-state index < -0.39 is 0 Å². The molecule has 0 saturated carbocycles. The number of likely N-dealkylation sites (tertiary alicyclic amines) is 1. The molecule has 1 fully saturated rings. The molecule has 1 aliphatic heterocycles. The Morgan fingerprint density at radius 2 is 2.00 bits per heavy atom. The first-order chi connectivity index (χ1) is 6.84. The number of rotatable bonds is 2. The van der Waals surface area contributed by atoms with E-state index in [1.54, 1.807) is 6.26 Å². The Balaban J connectivity index is 1.89. The fraction of sp³-hybridized carbons (Fsp3) is 0.700. The van der Waals surface area contributed by atoms with Crippen LogP contribution in [0.25, 0.3) is 0 Å². The third-order valence-corrected chi connectivity index (χ3v) is 2.95. The Hall–Kier alpha value is -0.350. The average Bonchev–Trinajstić information content (AvgIpc) is 2.43. The summed E-state index contributed by atoms with van der Waals surface area (Å²) in [5.41, 5.74) is 0. The van der Waals surface area contributed by atoms with E-state index in [1.807, 2.05) is 0 Å². The molecule has 0 radical (unpaired) electrons. The molecule has 0 bridgehead atoms. The Kier molecular flexibility index (Phi) is 3.59. The van der Waals surface area contributed by atoms with Gasteiger partial charge in [0.05, 0.1) is 6.54 Å². The van der Waals surface area contributed by atoms with Gasteiger partial charge in [0.15, 0.2) is 0 Å². The maximum absolute atomic E-state index is 5.31. The summed E-state index contributed by atoms with van der Waals surface area (Å²) in [6.45, 7) is 3.21. The normalized spacial score (nSPS) is 19.5. The third kappa shape index (κ3) is 2.82. The molecule has 4 heteroatoms. The van der Waals surface area contributed by atoms with Crippen LogP contribution in [-0.2, 0) is 6.54 Å². The van der Waals surface area contributed by atoms with Crippen molar-refractivity contribution in [3.8, 4) is 0 Å². The molecule has 0 N–H and O–H groups in total. The van der Waals surface area contributed by atoms with E-state index in [4.69, 9.17) is 4.42 Å². The number of hydrogen-bond donors (Lipinski definition) is 0. The van der Waals surface area contributed by atoms with Crippen molar-refractivity contribution >= 4 is 15.9 Å². The lowest BCUT2D eigenvalue weighted by molar-refractivity contribution is 0.248. The molecule has 0 amide bonds. The summed E-state index contributed by atoms with van der Waals surface area (Å²) in [7, 11) is 0. The molecule has 1 aromatic heterocycles. The number of oxazole rings is 1. The largest absolute Gasteiger partial charge is 0.446 e. The van der Waals surface area contributed by atoms with Crippen LogP contribution in [0.15, 0.2) is 15.3 Å². The average molecular weight is 259 g/mol. The van der Waals surface area contributed by atoms with Crippen LogP contribution in [0.2, 0.25) is 0 Å². The molecule has 0 aliphatic carbocycles. The highest BCUT2D eigenvalue weighted by Crippen LogP contribution is 2.14. The molecule has 2 heterocycles. The van der Waals surface area contributed by atoms with Crippen molar-refractivity contribution in [1.29, 1.82) is 0 Å². The summed E-state index contributed by atoms with van der Waals surface area (Å²) in [6, 6.07) is 0. The molecule has 1 aliphatic rings. The molecule has 1 aromatic rings. The van der Waals surface area contributed by atoms with E-state index in [-0.39, 0.29) is 0 Å². The van der Waals surface area contributed by atoms with Gasteiger partial charge >= 0.3 is 0 Å². The van der Waals surface area contributed by atoms with Gasteiger partial charge in [-0.05, 0) is 41.9 Å². The smallest absolute Gasteiger partial charge is 0.209 e. The predicted octanol–water partition coefficient (Wildman–Crippen LogP) is 2.81. The molecule has 0 aromatic carbocycles. The maximum Gasteiger partial charge on any atom is 0.209 e. The maximum atomic E-state index is 5.31. The molecule has 0 spiro atoms. The predicted molar refractivity (Wildman–Crippen MR) is 57.9 cm³/mol. The van der Waals surface area contributed by atoms with Crippen molar-refractivity contribution in [2.24, 2.45) is 0 Å². The first-order valence-electron chi connectivity index (χ1n) is 5.17. The van der Waals surface area contributed by atoms with Gasteiger partial charge in [-0.15, -0.1) is 0 Å². The fourth-order valence-corrected chi connectivity index (χ4v) is 2.14. The topological polar surface area (TPSA) is 29.3 Å². The second-order valence-corrected chi connectivity index (χ2v) is 4.57. The zero-order valence-electron chi connectivity index (χ0n) is 8.21. The quantitative estimate of drug-likeness (QED) is 0.817. The summed E-state index contributed by atoms with van der Waals surface area (Å²) in [6.07, 6.45) is 6.99. The van der Waals surface area contributed by atoms with Gasteiger partial charge in [0, 0.05) is 0 Å². The third-order valence-electron chi connectivity index (χ3n) is 2.58. The molecule has 1 saturated heterocycles. The minimum atomic E-state index is 0.794. The number of hydrogen-bond acceptors (Lipinski definition) is 3. The lowest BCUT2D eigenvalue weighted by atomic mass is 10.2. The summed E-state index contributed by atoms with van der Waals surface area (Å²) in [4.78, 5) is 6.67. The van der Waals surface area contributed by atoms with E-state index >= 15 is 0 Å². The molecular weight excluding hydrogens is 244 g/mol. The molecule has 14 heavy (non-hydrogen) atoms. The van der Waals surface area contributed by atoms with E-state index in [9.17, 15) is 0 Å². The molecule has 2 rings (SSSR count). The summed E-state index contributed by atoms with van der Waals surface area (Å²) >= 11 is 3.29. The Morgan fingerprint density at radius 3 is 2.57 bits per heavy atom. The van der Waals surface area contributed by atoms with Crippen LogP contribution in [0, 0.1) is 0 Å². The van der Waals surface area contributed by atoms with Crippen molar-refractivity contribution < 1.29 is 4.42 Å². The Labute approximate surface area is 92.6 Å². The highest BCUT2D eigenvalue weighted by atomic mass is 79.9. The first-order valence-corrected chi connectivity index (χ1v) is 5.96. The summed E-state index contributed by atoms with van der Waals surface area (Å²) < 4.78 is 6.10. The van der Waals surface area contributed by atoms with Crippen LogP contribution in [0.1, 0.15) is 31.6 Å². The van der Waals surface area contributed by atoms with Crippen LogP contribution in [0.3, 0.4) is 0 Å². The number of nitrogens with zero attached hydrogens (tertiary/aromatic N) is 2. The second-order valence-electron chi connectivity index (χ2n) is 3.75. The van der Waals surface area contributed by atoms with Gasteiger partial charge in [0.2, 0.25) is 5.89 Å². The molecule has 78 valence electrons. The molecule has 3 nitrogen and oxygen atoms in total. The zero-order chi connectivity index (χ0) is 9.80. The minimum absolute atomic E-state index is 0.794. The van der Waals surface area contributed by atoms with E-state index in [1.165, 1.54) is 38.8 Å². The van der Waals surface area contributed by atoms with Crippen LogP contribution in [0.5, 0.6) is 0 Å². The Morgan fingerprint density at radius 1 is 1.29 bits per heavy atom. The minimum Gasteiger partial charge on any atom is -0.446 e. The van der Waals surface area contributed by atoms with Crippen molar-refractivity contribution in [3.63, 3.8) is 0 Å².